The Hall–Kier alpha value is -0.0800. The molecule has 0 aliphatic carbocycles. The third kappa shape index (κ3) is 4.52. The van der Waals surface area contributed by atoms with Gasteiger partial charge in [0, 0.05) is 18.1 Å². The average Bonchev–Trinajstić information content (AvgIpc) is 2.35. The summed E-state index contributed by atoms with van der Waals surface area (Å²) in [4.78, 5) is 2.66. The Morgan fingerprint density at radius 3 is 2.80 bits per heavy atom. The Balaban J connectivity index is 2.44. The van der Waals surface area contributed by atoms with E-state index in [1.165, 1.54) is 45.3 Å². The van der Waals surface area contributed by atoms with Crippen LogP contribution in [0.25, 0.3) is 0 Å². The average molecular weight is 212 g/mol. The van der Waals surface area contributed by atoms with Crippen molar-refractivity contribution < 1.29 is 0 Å². The first kappa shape index (κ1) is 13.0. The Morgan fingerprint density at radius 1 is 1.40 bits per heavy atom. The second kappa shape index (κ2) is 5.86. The maximum absolute atomic E-state index is 3.62. The molecule has 1 aliphatic rings. The van der Waals surface area contributed by atoms with E-state index >= 15 is 0 Å². The molecule has 1 fully saturated rings. The fourth-order valence-electron chi connectivity index (χ4n) is 2.41. The maximum Gasteiger partial charge on any atom is 0.0252 e. The van der Waals surface area contributed by atoms with Crippen LogP contribution in [0.1, 0.15) is 53.4 Å². The van der Waals surface area contributed by atoms with Crippen molar-refractivity contribution in [1.82, 2.24) is 10.2 Å². The molecule has 0 saturated carbocycles. The predicted octanol–water partition coefficient (Wildman–Crippen LogP) is 2.64. The van der Waals surface area contributed by atoms with Crippen molar-refractivity contribution in [2.45, 2.75) is 65.0 Å². The van der Waals surface area contributed by atoms with Crippen LogP contribution in [0.5, 0.6) is 0 Å². The molecule has 0 aromatic heterocycles. The standard InChI is InChI=1S/C13H28N2/c1-5-6-8-12(2)15-10-7-9-14-13(3,4)11-15/h12,14H,5-11H2,1-4H3. The van der Waals surface area contributed by atoms with E-state index in [9.17, 15) is 0 Å². The topological polar surface area (TPSA) is 15.3 Å². The van der Waals surface area contributed by atoms with Crippen molar-refractivity contribution in [3.05, 3.63) is 0 Å². The minimum atomic E-state index is 0.289. The molecule has 2 heteroatoms. The summed E-state index contributed by atoms with van der Waals surface area (Å²) >= 11 is 0. The third-order valence-electron chi connectivity index (χ3n) is 3.42. The zero-order valence-corrected chi connectivity index (χ0v) is 11.0. The summed E-state index contributed by atoms with van der Waals surface area (Å²) in [5.74, 6) is 0. The second-order valence-electron chi connectivity index (χ2n) is 5.63. The summed E-state index contributed by atoms with van der Waals surface area (Å²) in [5.41, 5.74) is 0.289. The van der Waals surface area contributed by atoms with Crippen LogP contribution in [0.15, 0.2) is 0 Å². The van der Waals surface area contributed by atoms with Gasteiger partial charge in [0.25, 0.3) is 0 Å². The minimum absolute atomic E-state index is 0.289. The fourth-order valence-corrected chi connectivity index (χ4v) is 2.41. The smallest absolute Gasteiger partial charge is 0.0252 e. The van der Waals surface area contributed by atoms with E-state index in [0.717, 1.165) is 6.04 Å². The van der Waals surface area contributed by atoms with E-state index in [1.807, 2.05) is 0 Å². The van der Waals surface area contributed by atoms with Crippen molar-refractivity contribution in [2.24, 2.45) is 0 Å². The maximum atomic E-state index is 3.62. The normalized spacial score (nSPS) is 24.8. The van der Waals surface area contributed by atoms with E-state index in [0.29, 0.717) is 0 Å². The van der Waals surface area contributed by atoms with Gasteiger partial charge in [0.15, 0.2) is 0 Å². The van der Waals surface area contributed by atoms with Crippen LogP contribution in [-0.4, -0.2) is 36.1 Å². The number of unbranched alkanes of at least 4 members (excludes halogenated alkanes) is 1. The number of nitrogens with one attached hydrogen (secondary N) is 1. The molecule has 1 rings (SSSR count). The van der Waals surface area contributed by atoms with Gasteiger partial charge >= 0.3 is 0 Å². The van der Waals surface area contributed by atoms with E-state index in [1.54, 1.807) is 0 Å². The van der Waals surface area contributed by atoms with Crippen molar-refractivity contribution >= 4 is 0 Å². The Labute approximate surface area is 95.4 Å². The molecular formula is C13H28N2. The lowest BCUT2D eigenvalue weighted by Crippen LogP contribution is -2.48. The first-order valence-corrected chi connectivity index (χ1v) is 6.54. The van der Waals surface area contributed by atoms with Gasteiger partial charge in [0.1, 0.15) is 0 Å². The minimum Gasteiger partial charge on any atom is -0.310 e. The fraction of sp³-hybridized carbons (Fsp3) is 1.00. The van der Waals surface area contributed by atoms with Crippen molar-refractivity contribution in [2.75, 3.05) is 19.6 Å². The van der Waals surface area contributed by atoms with Crippen LogP contribution >= 0.6 is 0 Å². The number of hydrogen-bond acceptors (Lipinski definition) is 2. The molecule has 1 saturated heterocycles. The highest BCUT2D eigenvalue weighted by Gasteiger charge is 2.26. The van der Waals surface area contributed by atoms with Gasteiger partial charge < -0.3 is 5.32 Å². The van der Waals surface area contributed by atoms with E-state index in [4.69, 9.17) is 0 Å². The molecule has 90 valence electrons. The van der Waals surface area contributed by atoms with Crippen LogP contribution in [0, 0.1) is 0 Å². The lowest BCUT2D eigenvalue weighted by atomic mass is 10.0. The van der Waals surface area contributed by atoms with Crippen LogP contribution in [0.3, 0.4) is 0 Å². The van der Waals surface area contributed by atoms with Crippen molar-refractivity contribution in [3.8, 4) is 0 Å². The highest BCUT2D eigenvalue weighted by atomic mass is 15.2. The number of rotatable bonds is 4. The molecule has 1 aliphatic heterocycles. The summed E-state index contributed by atoms with van der Waals surface area (Å²) in [6.45, 7) is 12.9. The van der Waals surface area contributed by atoms with Crippen molar-refractivity contribution in [3.63, 3.8) is 0 Å². The summed E-state index contributed by atoms with van der Waals surface area (Å²) in [7, 11) is 0. The molecule has 1 heterocycles. The van der Waals surface area contributed by atoms with Gasteiger partial charge in [-0.05, 0) is 46.7 Å². The molecular weight excluding hydrogens is 184 g/mol. The summed E-state index contributed by atoms with van der Waals surface area (Å²) < 4.78 is 0. The molecule has 0 amide bonds. The molecule has 0 aromatic rings. The van der Waals surface area contributed by atoms with Gasteiger partial charge in [-0.2, -0.15) is 0 Å². The molecule has 1 unspecified atom stereocenters. The van der Waals surface area contributed by atoms with Gasteiger partial charge in [0.2, 0.25) is 0 Å². The second-order valence-corrected chi connectivity index (χ2v) is 5.63. The lowest BCUT2D eigenvalue weighted by molar-refractivity contribution is 0.170. The first-order valence-electron chi connectivity index (χ1n) is 6.54. The number of hydrogen-bond donors (Lipinski definition) is 1. The predicted molar refractivity (Wildman–Crippen MR) is 67.3 cm³/mol. The first-order chi connectivity index (χ1) is 7.05. The summed E-state index contributed by atoms with van der Waals surface area (Å²) in [5, 5.41) is 3.62. The zero-order valence-electron chi connectivity index (χ0n) is 11.0. The van der Waals surface area contributed by atoms with Crippen LogP contribution in [0.4, 0.5) is 0 Å². The Bertz CT molecular complexity index is 177. The zero-order chi connectivity index (χ0) is 11.3. The van der Waals surface area contributed by atoms with E-state index in [2.05, 4.69) is 37.9 Å². The highest BCUT2D eigenvalue weighted by molar-refractivity contribution is 4.86. The molecule has 1 N–H and O–H groups in total. The molecule has 0 radical (unpaired) electrons. The molecule has 0 spiro atoms. The van der Waals surface area contributed by atoms with Gasteiger partial charge in [-0.25, -0.2) is 0 Å². The highest BCUT2D eigenvalue weighted by Crippen LogP contribution is 2.16. The van der Waals surface area contributed by atoms with Crippen LogP contribution in [-0.2, 0) is 0 Å². The molecule has 1 atom stereocenters. The van der Waals surface area contributed by atoms with Crippen molar-refractivity contribution in [1.29, 1.82) is 0 Å². The Kier molecular flexibility index (Phi) is 5.07. The third-order valence-corrected chi connectivity index (χ3v) is 3.42. The van der Waals surface area contributed by atoms with Gasteiger partial charge in [0.05, 0.1) is 0 Å². The van der Waals surface area contributed by atoms with Gasteiger partial charge in [-0.1, -0.05) is 19.8 Å². The quantitative estimate of drug-likeness (QED) is 0.770. The summed E-state index contributed by atoms with van der Waals surface area (Å²) in [6, 6.07) is 0.754. The molecule has 0 aromatic carbocycles. The largest absolute Gasteiger partial charge is 0.310 e. The van der Waals surface area contributed by atoms with Gasteiger partial charge in [-0.15, -0.1) is 0 Å². The van der Waals surface area contributed by atoms with Crippen LogP contribution in [0.2, 0.25) is 0 Å². The van der Waals surface area contributed by atoms with Crippen LogP contribution < -0.4 is 5.32 Å². The lowest BCUT2D eigenvalue weighted by Gasteiger charge is -2.34. The number of nitrogens with zero attached hydrogens (tertiary/aromatic N) is 1. The molecule has 2 nitrogen and oxygen atoms in total. The Morgan fingerprint density at radius 2 is 2.13 bits per heavy atom. The monoisotopic (exact) mass is 212 g/mol. The summed E-state index contributed by atoms with van der Waals surface area (Å²) in [6.07, 6.45) is 5.33. The van der Waals surface area contributed by atoms with E-state index < -0.39 is 0 Å². The molecule has 0 bridgehead atoms. The SMILES string of the molecule is CCCCC(C)N1CCCNC(C)(C)C1. The molecule has 15 heavy (non-hydrogen) atoms. The van der Waals surface area contributed by atoms with E-state index in [-0.39, 0.29) is 5.54 Å². The van der Waals surface area contributed by atoms with Gasteiger partial charge in [-0.3, -0.25) is 4.90 Å².